The summed E-state index contributed by atoms with van der Waals surface area (Å²) in [6.07, 6.45) is 6.80. The van der Waals surface area contributed by atoms with Gasteiger partial charge in [-0.3, -0.25) is 4.79 Å². The number of hydrogen-bond donors (Lipinski definition) is 2. The summed E-state index contributed by atoms with van der Waals surface area (Å²) in [5.74, 6) is -0.0910. The number of fused-ring (bicyclic) bond motifs is 1. The van der Waals surface area contributed by atoms with Crippen LogP contribution in [0.4, 0.5) is 4.79 Å². The fraction of sp³-hybridized carbons (Fsp3) is 0.750. The number of amides is 2. The second-order valence-corrected chi connectivity index (χ2v) is 9.20. The van der Waals surface area contributed by atoms with E-state index in [2.05, 4.69) is 17.3 Å². The van der Waals surface area contributed by atoms with Gasteiger partial charge in [0.2, 0.25) is 5.91 Å². The summed E-state index contributed by atoms with van der Waals surface area (Å²) in [5.41, 5.74) is 8.36. The van der Waals surface area contributed by atoms with Gasteiger partial charge in [-0.05, 0) is 25.3 Å². The average molecular weight is 376 g/mol. The summed E-state index contributed by atoms with van der Waals surface area (Å²) in [7, 11) is 2.10. The van der Waals surface area contributed by atoms with Crippen LogP contribution in [0.2, 0.25) is 0 Å². The molecule has 150 valence electrons. The molecular formula is C20H33N5O2. The van der Waals surface area contributed by atoms with E-state index in [0.717, 1.165) is 43.7 Å². The van der Waals surface area contributed by atoms with Crippen molar-refractivity contribution < 1.29 is 9.59 Å². The van der Waals surface area contributed by atoms with Crippen LogP contribution < -0.4 is 11.1 Å². The third kappa shape index (κ3) is 4.18. The minimum Gasteiger partial charge on any atom is -0.368 e. The van der Waals surface area contributed by atoms with Crippen molar-refractivity contribution in [1.29, 1.82) is 0 Å². The molecule has 1 atom stereocenters. The fourth-order valence-corrected chi connectivity index (χ4v) is 4.35. The van der Waals surface area contributed by atoms with Crippen LogP contribution in [0, 0.1) is 5.41 Å². The predicted octanol–water partition coefficient (Wildman–Crippen LogP) is 2.38. The number of likely N-dealkylation sites (N-methyl/N-ethyl adjacent to an activating group) is 1. The standard InChI is InChI=1S/C20H33N5O2/c1-20(2,3)17(18(21)26)22-19(27)25-15-10-11-24(4)12-14(15)16(23-25)13-8-6-5-7-9-13/h13,17H,5-12H2,1-4H3,(H2,21,26)(H,22,27). The Morgan fingerprint density at radius 3 is 2.48 bits per heavy atom. The molecule has 0 radical (unpaired) electrons. The Morgan fingerprint density at radius 2 is 1.89 bits per heavy atom. The summed E-state index contributed by atoms with van der Waals surface area (Å²) in [6, 6.07) is -1.09. The minimum atomic E-state index is -0.741. The largest absolute Gasteiger partial charge is 0.368 e. The van der Waals surface area contributed by atoms with Gasteiger partial charge in [-0.25, -0.2) is 4.79 Å². The molecule has 1 aromatic rings. The van der Waals surface area contributed by atoms with Crippen molar-refractivity contribution in [3.8, 4) is 0 Å². The van der Waals surface area contributed by atoms with E-state index in [1.807, 2.05) is 20.8 Å². The SMILES string of the molecule is CN1CCc2c(c(C3CCCCC3)nn2C(=O)NC(C(N)=O)C(C)(C)C)C1. The molecule has 2 aliphatic rings. The summed E-state index contributed by atoms with van der Waals surface area (Å²) in [4.78, 5) is 27.2. The van der Waals surface area contributed by atoms with Gasteiger partial charge >= 0.3 is 6.03 Å². The number of primary amides is 1. The summed E-state index contributed by atoms with van der Waals surface area (Å²) >= 11 is 0. The van der Waals surface area contributed by atoms with Gasteiger partial charge in [0.15, 0.2) is 0 Å². The molecule has 7 nitrogen and oxygen atoms in total. The molecule has 1 aliphatic heterocycles. The topological polar surface area (TPSA) is 93.2 Å². The van der Waals surface area contributed by atoms with Crippen molar-refractivity contribution in [2.24, 2.45) is 11.1 Å². The lowest BCUT2D eigenvalue weighted by atomic mass is 9.84. The molecule has 1 saturated carbocycles. The predicted molar refractivity (Wildman–Crippen MR) is 104 cm³/mol. The van der Waals surface area contributed by atoms with Crippen molar-refractivity contribution in [2.75, 3.05) is 13.6 Å². The van der Waals surface area contributed by atoms with E-state index in [9.17, 15) is 9.59 Å². The van der Waals surface area contributed by atoms with Gasteiger partial charge in [0.1, 0.15) is 6.04 Å². The molecule has 2 amide bonds. The summed E-state index contributed by atoms with van der Waals surface area (Å²) in [5, 5.41) is 7.59. The maximum atomic E-state index is 13.0. The van der Waals surface area contributed by atoms with E-state index < -0.39 is 17.4 Å². The van der Waals surface area contributed by atoms with Crippen LogP contribution in [-0.4, -0.2) is 46.3 Å². The zero-order chi connectivity index (χ0) is 19.8. The monoisotopic (exact) mass is 375 g/mol. The highest BCUT2D eigenvalue weighted by atomic mass is 16.2. The zero-order valence-corrected chi connectivity index (χ0v) is 17.0. The van der Waals surface area contributed by atoms with Crippen LogP contribution in [0.3, 0.4) is 0 Å². The maximum absolute atomic E-state index is 13.0. The van der Waals surface area contributed by atoms with Gasteiger partial charge in [-0.15, -0.1) is 0 Å². The van der Waals surface area contributed by atoms with E-state index in [1.165, 1.54) is 29.5 Å². The van der Waals surface area contributed by atoms with Crippen LogP contribution in [-0.2, 0) is 17.8 Å². The number of aromatic nitrogens is 2. The van der Waals surface area contributed by atoms with E-state index in [-0.39, 0.29) is 6.03 Å². The van der Waals surface area contributed by atoms with Crippen molar-refractivity contribution in [3.63, 3.8) is 0 Å². The van der Waals surface area contributed by atoms with Gasteiger partial charge < -0.3 is 16.0 Å². The average Bonchev–Trinajstić information content (AvgIpc) is 2.97. The molecule has 0 spiro atoms. The van der Waals surface area contributed by atoms with Gasteiger partial charge in [0.25, 0.3) is 0 Å². The molecule has 2 heterocycles. The highest BCUT2D eigenvalue weighted by Gasteiger charge is 2.34. The van der Waals surface area contributed by atoms with Crippen LogP contribution in [0.1, 0.15) is 75.7 Å². The van der Waals surface area contributed by atoms with Gasteiger partial charge in [-0.1, -0.05) is 40.0 Å². The van der Waals surface area contributed by atoms with E-state index >= 15 is 0 Å². The molecule has 1 unspecified atom stereocenters. The molecule has 0 bridgehead atoms. The van der Waals surface area contributed by atoms with Crippen LogP contribution >= 0.6 is 0 Å². The molecule has 27 heavy (non-hydrogen) atoms. The Morgan fingerprint density at radius 1 is 1.22 bits per heavy atom. The maximum Gasteiger partial charge on any atom is 0.342 e. The van der Waals surface area contributed by atoms with Crippen molar-refractivity contribution in [3.05, 3.63) is 17.0 Å². The van der Waals surface area contributed by atoms with E-state index in [4.69, 9.17) is 10.8 Å². The van der Waals surface area contributed by atoms with Crippen molar-refractivity contribution in [1.82, 2.24) is 20.0 Å². The summed E-state index contributed by atoms with van der Waals surface area (Å²) in [6.45, 7) is 7.40. The lowest BCUT2D eigenvalue weighted by Gasteiger charge is -2.29. The number of nitrogens with zero attached hydrogens (tertiary/aromatic N) is 3. The summed E-state index contributed by atoms with van der Waals surface area (Å²) < 4.78 is 1.51. The Balaban J connectivity index is 1.93. The molecule has 1 aromatic heterocycles. The van der Waals surface area contributed by atoms with Crippen molar-refractivity contribution >= 4 is 11.9 Å². The third-order valence-corrected chi connectivity index (χ3v) is 5.88. The Kier molecular flexibility index (Phi) is 5.60. The van der Waals surface area contributed by atoms with Gasteiger partial charge in [-0.2, -0.15) is 9.78 Å². The molecule has 1 aliphatic carbocycles. The smallest absolute Gasteiger partial charge is 0.342 e. The molecular weight excluding hydrogens is 342 g/mol. The van der Waals surface area contributed by atoms with Crippen molar-refractivity contribution in [2.45, 2.75) is 77.8 Å². The lowest BCUT2D eigenvalue weighted by molar-refractivity contribution is -0.122. The number of carbonyl (C=O) groups excluding carboxylic acids is 2. The number of hydrogen-bond acceptors (Lipinski definition) is 4. The van der Waals surface area contributed by atoms with E-state index in [0.29, 0.717) is 5.92 Å². The quantitative estimate of drug-likeness (QED) is 0.848. The first-order chi connectivity index (χ1) is 12.7. The fourth-order valence-electron chi connectivity index (χ4n) is 4.35. The molecule has 1 fully saturated rings. The highest BCUT2D eigenvalue weighted by molar-refractivity contribution is 5.87. The Hall–Kier alpha value is -1.89. The van der Waals surface area contributed by atoms with Crippen LogP contribution in [0.5, 0.6) is 0 Å². The van der Waals surface area contributed by atoms with Gasteiger partial charge in [0, 0.05) is 31.0 Å². The zero-order valence-electron chi connectivity index (χ0n) is 17.0. The first-order valence-electron chi connectivity index (χ1n) is 10.1. The molecule has 3 rings (SSSR count). The number of carbonyl (C=O) groups is 2. The number of nitrogens with two attached hydrogens (primary N) is 1. The minimum absolute atomic E-state index is 0.350. The lowest BCUT2D eigenvalue weighted by Crippen LogP contribution is -2.53. The first kappa shape index (κ1) is 19.9. The second kappa shape index (κ2) is 7.62. The van der Waals surface area contributed by atoms with Crippen LogP contribution in [0.25, 0.3) is 0 Å². The van der Waals surface area contributed by atoms with E-state index in [1.54, 1.807) is 0 Å². The van der Waals surface area contributed by atoms with Gasteiger partial charge in [0.05, 0.1) is 11.4 Å². The molecule has 3 N–H and O–H groups in total. The normalized spacial score (nSPS) is 20.1. The molecule has 0 aromatic carbocycles. The first-order valence-corrected chi connectivity index (χ1v) is 10.1. The molecule has 7 heteroatoms. The van der Waals surface area contributed by atoms with Crippen LogP contribution in [0.15, 0.2) is 0 Å². The Labute approximate surface area is 161 Å². The third-order valence-electron chi connectivity index (χ3n) is 5.88. The highest BCUT2D eigenvalue weighted by Crippen LogP contribution is 2.36. The second-order valence-electron chi connectivity index (χ2n) is 9.20. The molecule has 0 saturated heterocycles. The Bertz CT molecular complexity index is 713. The number of nitrogens with one attached hydrogen (secondary N) is 1. The number of rotatable bonds is 3.